The fraction of sp³-hybridized carbons (Fsp3) is 0. The number of nitrogens with two attached hydrogens (primary N) is 3. The third-order valence-electron chi connectivity index (χ3n) is 2.50. The molecule has 6 N–H and O–H groups in total. The highest BCUT2D eigenvalue weighted by Crippen LogP contribution is 2.29. The van der Waals surface area contributed by atoms with Crippen LogP contribution in [0.25, 0.3) is 11.0 Å². The fourth-order valence-electron chi connectivity index (χ4n) is 1.67. The molecule has 1 aromatic carbocycles. The van der Waals surface area contributed by atoms with Crippen LogP contribution in [-0.4, -0.2) is 19.9 Å². The number of hydrogen-bond donors (Lipinski definition) is 3. The first kappa shape index (κ1) is 12.4. The minimum atomic E-state index is 0.298. The van der Waals surface area contributed by atoms with Crippen molar-refractivity contribution in [1.82, 2.24) is 19.9 Å². The van der Waals surface area contributed by atoms with Crippen LogP contribution >= 0.6 is 11.8 Å². The number of hydrogen-bond acceptors (Lipinski definition) is 8. The molecule has 20 heavy (non-hydrogen) atoms. The molecule has 0 fully saturated rings. The highest BCUT2D eigenvalue weighted by molar-refractivity contribution is 7.99. The van der Waals surface area contributed by atoms with Crippen molar-refractivity contribution in [3.63, 3.8) is 0 Å². The van der Waals surface area contributed by atoms with Gasteiger partial charge in [0, 0.05) is 6.07 Å². The summed E-state index contributed by atoms with van der Waals surface area (Å²) in [4.78, 5) is 16.9. The number of aromatic nitrogens is 4. The molecular formula is C12H11N7S. The molecule has 0 aliphatic carbocycles. The topological polar surface area (TPSA) is 130 Å². The standard InChI is InChI=1S/C12H11N7S/c13-8-5-9(14)19-12(18-8)20-11-10(15)16-6-3-1-2-4-7(6)17-11/h1-5H,(H2,15,16)(H4,13,14,18,19). The molecule has 0 saturated carbocycles. The Morgan fingerprint density at radius 2 is 1.40 bits per heavy atom. The average Bonchev–Trinajstić information content (AvgIpc) is 2.38. The van der Waals surface area contributed by atoms with E-state index < -0.39 is 0 Å². The summed E-state index contributed by atoms with van der Waals surface area (Å²) in [6, 6.07) is 8.96. The smallest absolute Gasteiger partial charge is 0.197 e. The summed E-state index contributed by atoms with van der Waals surface area (Å²) in [5.74, 6) is 0.915. The van der Waals surface area contributed by atoms with Crippen LogP contribution in [0.4, 0.5) is 17.5 Å². The van der Waals surface area contributed by atoms with Gasteiger partial charge in [0.25, 0.3) is 0 Å². The number of rotatable bonds is 2. The van der Waals surface area contributed by atoms with E-state index in [4.69, 9.17) is 17.2 Å². The van der Waals surface area contributed by atoms with Crippen LogP contribution in [0.5, 0.6) is 0 Å². The first-order chi connectivity index (χ1) is 9.61. The number of anilines is 3. The van der Waals surface area contributed by atoms with Gasteiger partial charge in [-0.1, -0.05) is 12.1 Å². The van der Waals surface area contributed by atoms with E-state index in [0.29, 0.717) is 27.6 Å². The molecule has 7 nitrogen and oxygen atoms in total. The van der Waals surface area contributed by atoms with Crippen molar-refractivity contribution in [2.45, 2.75) is 10.2 Å². The van der Waals surface area contributed by atoms with Gasteiger partial charge >= 0.3 is 0 Å². The summed E-state index contributed by atoms with van der Waals surface area (Å²) in [5.41, 5.74) is 18.6. The average molecular weight is 285 g/mol. The third kappa shape index (κ3) is 2.41. The first-order valence-electron chi connectivity index (χ1n) is 5.72. The quantitative estimate of drug-likeness (QED) is 0.601. The Balaban J connectivity index is 2.03. The Morgan fingerprint density at radius 1 is 0.800 bits per heavy atom. The molecule has 0 amide bonds. The molecule has 100 valence electrons. The summed E-state index contributed by atoms with van der Waals surface area (Å²) in [6.45, 7) is 0. The molecule has 0 unspecified atom stereocenters. The Kier molecular flexibility index (Phi) is 2.99. The van der Waals surface area contributed by atoms with E-state index in [1.54, 1.807) is 0 Å². The van der Waals surface area contributed by atoms with Crippen molar-refractivity contribution in [2.75, 3.05) is 17.2 Å². The van der Waals surface area contributed by atoms with Gasteiger partial charge in [0.05, 0.1) is 11.0 Å². The minimum Gasteiger partial charge on any atom is -0.383 e. The number of para-hydroxylation sites is 2. The van der Waals surface area contributed by atoms with Crippen molar-refractivity contribution in [3.8, 4) is 0 Å². The second kappa shape index (κ2) is 4.82. The summed E-state index contributed by atoms with van der Waals surface area (Å²) in [7, 11) is 0. The van der Waals surface area contributed by atoms with Crippen molar-refractivity contribution >= 4 is 40.2 Å². The van der Waals surface area contributed by atoms with E-state index in [1.807, 2.05) is 24.3 Å². The predicted octanol–water partition coefficient (Wildman–Crippen LogP) is 1.32. The number of benzene rings is 1. The monoisotopic (exact) mass is 285 g/mol. The predicted molar refractivity (Wildman–Crippen MR) is 78.9 cm³/mol. The first-order valence-corrected chi connectivity index (χ1v) is 6.53. The van der Waals surface area contributed by atoms with Gasteiger partial charge in [-0.2, -0.15) is 0 Å². The zero-order valence-corrected chi connectivity index (χ0v) is 11.1. The molecule has 3 rings (SSSR count). The van der Waals surface area contributed by atoms with Crippen LogP contribution in [0.2, 0.25) is 0 Å². The second-order valence-corrected chi connectivity index (χ2v) is 4.96. The van der Waals surface area contributed by atoms with Crippen molar-refractivity contribution in [3.05, 3.63) is 30.3 Å². The molecule has 0 aliphatic heterocycles. The molecule has 0 aliphatic rings. The Bertz CT molecular complexity index is 770. The van der Waals surface area contributed by atoms with E-state index in [1.165, 1.54) is 17.8 Å². The maximum atomic E-state index is 5.90. The highest BCUT2D eigenvalue weighted by Gasteiger charge is 2.10. The SMILES string of the molecule is Nc1cc(N)nc(Sc2nc3ccccc3nc2N)n1. The molecule has 0 atom stereocenters. The zero-order valence-electron chi connectivity index (χ0n) is 10.3. The molecule has 0 saturated heterocycles. The zero-order chi connectivity index (χ0) is 14.1. The van der Waals surface area contributed by atoms with Crippen LogP contribution < -0.4 is 17.2 Å². The van der Waals surface area contributed by atoms with E-state index >= 15 is 0 Å². The third-order valence-corrected chi connectivity index (χ3v) is 3.36. The van der Waals surface area contributed by atoms with E-state index in [2.05, 4.69) is 19.9 Å². The minimum absolute atomic E-state index is 0.298. The van der Waals surface area contributed by atoms with Crippen molar-refractivity contribution in [1.29, 1.82) is 0 Å². The van der Waals surface area contributed by atoms with Crippen LogP contribution in [0.3, 0.4) is 0 Å². The Labute approximate surface area is 118 Å². The van der Waals surface area contributed by atoms with Crippen molar-refractivity contribution in [2.24, 2.45) is 0 Å². The summed E-state index contributed by atoms with van der Waals surface area (Å²) in [6.07, 6.45) is 0. The number of nitrogen functional groups attached to an aromatic ring is 3. The lowest BCUT2D eigenvalue weighted by molar-refractivity contribution is 0.977. The molecule has 0 bridgehead atoms. The van der Waals surface area contributed by atoms with Gasteiger partial charge in [-0.05, 0) is 23.9 Å². The summed E-state index contributed by atoms with van der Waals surface area (Å²) in [5, 5.41) is 0.910. The lowest BCUT2D eigenvalue weighted by atomic mass is 10.3. The molecule has 0 radical (unpaired) electrons. The highest BCUT2D eigenvalue weighted by atomic mass is 32.2. The molecule has 3 aromatic rings. The van der Waals surface area contributed by atoms with Gasteiger partial charge in [-0.15, -0.1) is 0 Å². The van der Waals surface area contributed by atoms with Crippen LogP contribution in [0.1, 0.15) is 0 Å². The van der Waals surface area contributed by atoms with Gasteiger partial charge in [0.15, 0.2) is 11.0 Å². The van der Waals surface area contributed by atoms with E-state index in [9.17, 15) is 0 Å². The van der Waals surface area contributed by atoms with E-state index in [0.717, 1.165) is 11.0 Å². The molecule has 2 heterocycles. The molecule has 2 aromatic heterocycles. The number of nitrogens with zero attached hydrogens (tertiary/aromatic N) is 4. The maximum absolute atomic E-state index is 5.90. The Morgan fingerprint density at radius 3 is 2.05 bits per heavy atom. The lowest BCUT2D eigenvalue weighted by Gasteiger charge is -2.05. The van der Waals surface area contributed by atoms with E-state index in [-0.39, 0.29) is 0 Å². The number of fused-ring (bicyclic) bond motifs is 1. The van der Waals surface area contributed by atoms with Gasteiger partial charge in [-0.25, -0.2) is 19.9 Å². The summed E-state index contributed by atoms with van der Waals surface area (Å²) >= 11 is 1.18. The van der Waals surface area contributed by atoms with Gasteiger partial charge in [-0.3, -0.25) is 0 Å². The van der Waals surface area contributed by atoms with Crippen LogP contribution in [-0.2, 0) is 0 Å². The van der Waals surface area contributed by atoms with Gasteiger partial charge in [0.1, 0.15) is 16.7 Å². The molecule has 0 spiro atoms. The molecular weight excluding hydrogens is 274 g/mol. The largest absolute Gasteiger partial charge is 0.383 e. The normalized spacial score (nSPS) is 10.8. The van der Waals surface area contributed by atoms with Gasteiger partial charge in [0.2, 0.25) is 0 Å². The fourth-order valence-corrected chi connectivity index (χ4v) is 2.44. The van der Waals surface area contributed by atoms with Crippen LogP contribution in [0, 0.1) is 0 Å². The van der Waals surface area contributed by atoms with Crippen LogP contribution in [0.15, 0.2) is 40.5 Å². The lowest BCUT2D eigenvalue weighted by Crippen LogP contribution is -2.01. The van der Waals surface area contributed by atoms with Crippen molar-refractivity contribution < 1.29 is 0 Å². The Hall–Kier alpha value is -2.61. The van der Waals surface area contributed by atoms with Gasteiger partial charge < -0.3 is 17.2 Å². The second-order valence-electron chi connectivity index (χ2n) is 4.01. The molecule has 8 heteroatoms. The summed E-state index contributed by atoms with van der Waals surface area (Å²) < 4.78 is 0. The maximum Gasteiger partial charge on any atom is 0.197 e.